The number of anilines is 1. The van der Waals surface area contributed by atoms with Crippen LogP contribution in [0.5, 0.6) is 0 Å². The van der Waals surface area contributed by atoms with E-state index >= 15 is 0 Å². The topological polar surface area (TPSA) is 111 Å². The standard InChI is InChI=1S/C9H10N6O2/c10-8-7-9(12-3-11-8)15(4-13-7)6-1-5(2-16)14-17-6/h3-4,6,16H,1-2H2,(H2,10,11,12)/t6-/m0/s1. The third kappa shape index (κ3) is 1.49. The van der Waals surface area contributed by atoms with Crippen LogP contribution in [0.25, 0.3) is 11.2 Å². The van der Waals surface area contributed by atoms with E-state index in [9.17, 15) is 0 Å². The van der Waals surface area contributed by atoms with Gasteiger partial charge in [0.25, 0.3) is 0 Å². The summed E-state index contributed by atoms with van der Waals surface area (Å²) >= 11 is 0. The summed E-state index contributed by atoms with van der Waals surface area (Å²) in [5.74, 6) is 0.329. The van der Waals surface area contributed by atoms with Gasteiger partial charge >= 0.3 is 0 Å². The molecule has 1 aliphatic rings. The molecule has 0 unspecified atom stereocenters. The molecule has 8 heteroatoms. The van der Waals surface area contributed by atoms with Crippen LogP contribution in [0.4, 0.5) is 5.82 Å². The van der Waals surface area contributed by atoms with Gasteiger partial charge in [-0.05, 0) is 0 Å². The molecule has 1 aliphatic heterocycles. The van der Waals surface area contributed by atoms with Crippen molar-refractivity contribution < 1.29 is 9.94 Å². The Kier molecular flexibility index (Phi) is 2.15. The molecule has 1 atom stereocenters. The summed E-state index contributed by atoms with van der Waals surface area (Å²) < 4.78 is 1.72. The number of nitrogens with zero attached hydrogens (tertiary/aromatic N) is 5. The average Bonchev–Trinajstić information content (AvgIpc) is 2.94. The first kappa shape index (κ1) is 9.97. The predicted octanol–water partition coefficient (Wildman–Crippen LogP) is -0.324. The molecule has 2 aromatic rings. The van der Waals surface area contributed by atoms with Crippen molar-refractivity contribution in [2.75, 3.05) is 12.3 Å². The summed E-state index contributed by atoms with van der Waals surface area (Å²) in [6.07, 6.45) is 3.12. The first-order valence-electron chi connectivity index (χ1n) is 5.05. The van der Waals surface area contributed by atoms with Crippen LogP contribution in [0.1, 0.15) is 12.6 Å². The lowest BCUT2D eigenvalue weighted by Gasteiger charge is -2.09. The minimum atomic E-state index is -0.337. The fourth-order valence-electron chi connectivity index (χ4n) is 1.73. The number of nitrogen functional groups attached to an aromatic ring is 1. The van der Waals surface area contributed by atoms with Crippen LogP contribution in [-0.4, -0.2) is 36.9 Å². The van der Waals surface area contributed by atoms with Gasteiger partial charge in [-0.2, -0.15) is 0 Å². The van der Waals surface area contributed by atoms with Crippen LogP contribution in [-0.2, 0) is 4.84 Å². The van der Waals surface area contributed by atoms with Crippen LogP contribution < -0.4 is 5.73 Å². The first-order valence-corrected chi connectivity index (χ1v) is 5.05. The minimum absolute atomic E-state index is 0.111. The molecule has 0 fully saturated rings. The number of hydrogen-bond donors (Lipinski definition) is 2. The van der Waals surface area contributed by atoms with Gasteiger partial charge in [0.05, 0.1) is 18.7 Å². The second-order valence-electron chi connectivity index (χ2n) is 3.66. The molecule has 0 saturated heterocycles. The molecule has 0 radical (unpaired) electrons. The Morgan fingerprint density at radius 3 is 3.12 bits per heavy atom. The average molecular weight is 234 g/mol. The van der Waals surface area contributed by atoms with Crippen LogP contribution in [0.15, 0.2) is 17.8 Å². The first-order chi connectivity index (χ1) is 8.29. The minimum Gasteiger partial charge on any atom is -0.390 e. The van der Waals surface area contributed by atoms with Crippen molar-refractivity contribution in [3.8, 4) is 0 Å². The van der Waals surface area contributed by atoms with Gasteiger partial charge in [0.15, 0.2) is 11.5 Å². The fraction of sp³-hybridized carbons (Fsp3) is 0.333. The van der Waals surface area contributed by atoms with Crippen LogP contribution in [0.2, 0.25) is 0 Å². The second kappa shape index (κ2) is 3.67. The summed E-state index contributed by atoms with van der Waals surface area (Å²) in [7, 11) is 0. The maximum absolute atomic E-state index is 8.96. The number of aromatic nitrogens is 4. The van der Waals surface area contributed by atoms with E-state index in [2.05, 4.69) is 20.1 Å². The zero-order valence-corrected chi connectivity index (χ0v) is 8.82. The molecule has 3 rings (SSSR count). The molecular formula is C9H10N6O2. The lowest BCUT2D eigenvalue weighted by atomic mass is 10.2. The number of fused-ring (bicyclic) bond motifs is 1. The van der Waals surface area contributed by atoms with Crippen molar-refractivity contribution in [1.82, 2.24) is 19.5 Å². The Morgan fingerprint density at radius 1 is 1.47 bits per heavy atom. The summed E-state index contributed by atoms with van der Waals surface area (Å²) in [6, 6.07) is 0. The summed E-state index contributed by atoms with van der Waals surface area (Å²) in [5, 5.41) is 12.7. The SMILES string of the molecule is Nc1ncnc2c1ncn2[C@@H]1CC(CO)=NO1. The predicted molar refractivity (Wildman–Crippen MR) is 59.0 cm³/mol. The Morgan fingerprint density at radius 2 is 2.35 bits per heavy atom. The Balaban J connectivity index is 2.00. The zero-order valence-electron chi connectivity index (χ0n) is 8.82. The largest absolute Gasteiger partial charge is 0.390 e. The van der Waals surface area contributed by atoms with E-state index in [1.165, 1.54) is 6.33 Å². The molecule has 88 valence electrons. The van der Waals surface area contributed by atoms with Crippen molar-refractivity contribution in [3.05, 3.63) is 12.7 Å². The molecule has 2 aromatic heterocycles. The van der Waals surface area contributed by atoms with Gasteiger partial charge in [-0.25, -0.2) is 15.0 Å². The quantitative estimate of drug-likeness (QED) is 0.736. The maximum Gasteiger partial charge on any atom is 0.211 e. The van der Waals surface area contributed by atoms with E-state index < -0.39 is 0 Å². The van der Waals surface area contributed by atoms with Gasteiger partial charge in [-0.3, -0.25) is 4.57 Å². The van der Waals surface area contributed by atoms with Crippen LogP contribution in [0.3, 0.4) is 0 Å². The van der Waals surface area contributed by atoms with Crippen molar-refractivity contribution in [3.63, 3.8) is 0 Å². The molecule has 0 spiro atoms. The Labute approximate surface area is 95.7 Å². The summed E-state index contributed by atoms with van der Waals surface area (Å²) in [6.45, 7) is -0.111. The maximum atomic E-state index is 8.96. The number of hydrogen-bond acceptors (Lipinski definition) is 7. The Bertz CT molecular complexity index is 592. The van der Waals surface area contributed by atoms with E-state index in [1.807, 2.05) is 0 Å². The number of aliphatic hydroxyl groups is 1. The number of imidazole rings is 1. The van der Waals surface area contributed by atoms with Crippen molar-refractivity contribution in [2.45, 2.75) is 12.6 Å². The zero-order chi connectivity index (χ0) is 11.8. The van der Waals surface area contributed by atoms with Crippen LogP contribution in [0, 0.1) is 0 Å². The van der Waals surface area contributed by atoms with Crippen molar-refractivity contribution in [1.29, 1.82) is 0 Å². The lowest BCUT2D eigenvalue weighted by Crippen LogP contribution is -2.10. The van der Waals surface area contributed by atoms with Crippen molar-refractivity contribution in [2.24, 2.45) is 5.16 Å². The molecule has 3 N–H and O–H groups in total. The molecular weight excluding hydrogens is 224 g/mol. The molecule has 17 heavy (non-hydrogen) atoms. The van der Waals surface area contributed by atoms with Gasteiger partial charge in [0, 0.05) is 0 Å². The second-order valence-corrected chi connectivity index (χ2v) is 3.66. The molecule has 3 heterocycles. The van der Waals surface area contributed by atoms with Gasteiger partial charge in [-0.1, -0.05) is 5.16 Å². The number of oxime groups is 1. The van der Waals surface area contributed by atoms with E-state index in [-0.39, 0.29) is 12.8 Å². The summed E-state index contributed by atoms with van der Waals surface area (Å²) in [4.78, 5) is 17.3. The van der Waals surface area contributed by atoms with Crippen LogP contribution >= 0.6 is 0 Å². The number of nitrogens with two attached hydrogens (primary N) is 1. The highest BCUT2D eigenvalue weighted by Crippen LogP contribution is 2.25. The fourth-order valence-corrected chi connectivity index (χ4v) is 1.73. The normalized spacial score (nSPS) is 19.4. The molecule has 0 saturated carbocycles. The van der Waals surface area contributed by atoms with E-state index in [4.69, 9.17) is 15.7 Å². The summed E-state index contributed by atoms with van der Waals surface area (Å²) in [5.41, 5.74) is 7.41. The van der Waals surface area contributed by atoms with E-state index in [1.54, 1.807) is 10.9 Å². The molecule has 8 nitrogen and oxygen atoms in total. The highest BCUT2D eigenvalue weighted by Gasteiger charge is 2.24. The van der Waals surface area contributed by atoms with E-state index in [0.29, 0.717) is 29.1 Å². The highest BCUT2D eigenvalue weighted by molar-refractivity contribution is 5.86. The van der Waals surface area contributed by atoms with Gasteiger partial charge in [0.2, 0.25) is 6.23 Å². The smallest absolute Gasteiger partial charge is 0.211 e. The van der Waals surface area contributed by atoms with Gasteiger partial charge in [-0.15, -0.1) is 0 Å². The van der Waals surface area contributed by atoms with Crippen molar-refractivity contribution >= 4 is 22.7 Å². The lowest BCUT2D eigenvalue weighted by molar-refractivity contribution is 0.0348. The molecule has 0 aromatic carbocycles. The van der Waals surface area contributed by atoms with E-state index in [0.717, 1.165) is 0 Å². The highest BCUT2D eigenvalue weighted by atomic mass is 16.7. The number of rotatable bonds is 2. The monoisotopic (exact) mass is 234 g/mol. The van der Waals surface area contributed by atoms with Gasteiger partial charge in [0.1, 0.15) is 18.2 Å². The van der Waals surface area contributed by atoms with Gasteiger partial charge < -0.3 is 15.7 Å². The third-order valence-electron chi connectivity index (χ3n) is 2.59. The molecule has 0 bridgehead atoms. The third-order valence-corrected chi connectivity index (χ3v) is 2.59. The molecule has 0 amide bonds. The Hall–Kier alpha value is -2.22. The number of aliphatic hydroxyl groups excluding tert-OH is 1. The molecule has 0 aliphatic carbocycles.